The second kappa shape index (κ2) is 5.65. The van der Waals surface area contributed by atoms with E-state index in [9.17, 15) is 10.1 Å². The van der Waals surface area contributed by atoms with Crippen LogP contribution in [0.1, 0.15) is 42.7 Å². The molecule has 0 aliphatic heterocycles. The lowest BCUT2D eigenvalue weighted by Crippen LogP contribution is -2.06. The molecule has 0 aromatic carbocycles. The van der Waals surface area contributed by atoms with Gasteiger partial charge in [0, 0.05) is 6.20 Å². The number of fused-ring (bicyclic) bond motifs is 1. The van der Waals surface area contributed by atoms with Crippen LogP contribution < -0.4 is 0 Å². The maximum absolute atomic E-state index is 12.1. The number of carbonyl (C=O) groups is 1. The summed E-state index contributed by atoms with van der Waals surface area (Å²) in [6.07, 6.45) is 3.68. The molecular formula is C16H17N3O2S. The molecule has 22 heavy (non-hydrogen) atoms. The van der Waals surface area contributed by atoms with Crippen LogP contribution in [0, 0.1) is 11.3 Å². The molecule has 1 aliphatic rings. The number of carbonyl (C=O) groups excluding carboxylic acids is 1. The summed E-state index contributed by atoms with van der Waals surface area (Å²) in [5, 5.41) is 10.1. The lowest BCUT2D eigenvalue weighted by Gasteiger charge is -2.07. The van der Waals surface area contributed by atoms with Gasteiger partial charge >= 0.3 is 5.97 Å². The number of imidazole rings is 1. The average molecular weight is 315 g/mol. The van der Waals surface area contributed by atoms with E-state index in [-0.39, 0.29) is 5.41 Å². The molecule has 1 aliphatic carbocycles. The first-order valence-electron chi connectivity index (χ1n) is 7.39. The predicted octanol–water partition coefficient (Wildman–Crippen LogP) is 3.18. The Kier molecular flexibility index (Phi) is 3.83. The summed E-state index contributed by atoms with van der Waals surface area (Å²) < 4.78 is 7.00. The molecule has 1 saturated carbocycles. The second-order valence-corrected chi connectivity index (χ2v) is 6.51. The van der Waals surface area contributed by atoms with Crippen LogP contribution in [0.25, 0.3) is 5.65 Å². The lowest BCUT2D eigenvalue weighted by atomic mass is 9.99. The van der Waals surface area contributed by atoms with Crippen LogP contribution in [0.2, 0.25) is 0 Å². The van der Waals surface area contributed by atoms with Crippen LogP contribution in [0.4, 0.5) is 0 Å². The van der Waals surface area contributed by atoms with Crippen LogP contribution >= 0.6 is 11.8 Å². The van der Waals surface area contributed by atoms with Crippen molar-refractivity contribution in [2.24, 2.45) is 0 Å². The highest BCUT2D eigenvalue weighted by Crippen LogP contribution is 2.47. The fourth-order valence-electron chi connectivity index (χ4n) is 2.52. The Morgan fingerprint density at radius 3 is 2.91 bits per heavy atom. The number of thioether (sulfide) groups is 1. The smallest absolute Gasteiger partial charge is 0.359 e. The molecule has 0 radical (unpaired) electrons. The van der Waals surface area contributed by atoms with Crippen molar-refractivity contribution in [2.75, 3.05) is 12.4 Å². The molecule has 2 aromatic rings. The van der Waals surface area contributed by atoms with Crippen LogP contribution in [0.5, 0.6) is 0 Å². The zero-order chi connectivity index (χ0) is 15.7. The number of pyridine rings is 1. The first kappa shape index (κ1) is 14.9. The van der Waals surface area contributed by atoms with E-state index in [1.54, 1.807) is 18.7 Å². The van der Waals surface area contributed by atoms with Crippen molar-refractivity contribution in [3.8, 4) is 6.07 Å². The highest BCUT2D eigenvalue weighted by atomic mass is 32.2. The number of hydrogen-bond acceptors (Lipinski definition) is 5. The van der Waals surface area contributed by atoms with Gasteiger partial charge in [-0.15, -0.1) is 11.8 Å². The summed E-state index contributed by atoms with van der Waals surface area (Å²) in [4.78, 5) is 16.5. The maximum atomic E-state index is 12.1. The van der Waals surface area contributed by atoms with Crippen molar-refractivity contribution in [3.05, 3.63) is 29.6 Å². The highest BCUT2D eigenvalue weighted by Gasteiger charge is 2.45. The summed E-state index contributed by atoms with van der Waals surface area (Å²) in [6, 6.07) is 6.26. The first-order chi connectivity index (χ1) is 10.6. The summed E-state index contributed by atoms with van der Waals surface area (Å²) in [6.45, 7) is 4.14. The van der Waals surface area contributed by atoms with Crippen LogP contribution in [-0.2, 0) is 10.2 Å². The molecule has 6 heteroatoms. The average Bonchev–Trinajstić information content (AvgIpc) is 3.25. The van der Waals surface area contributed by atoms with Gasteiger partial charge in [0.2, 0.25) is 0 Å². The van der Waals surface area contributed by atoms with Crippen molar-refractivity contribution in [1.29, 1.82) is 5.26 Å². The Hall–Kier alpha value is -2.00. The zero-order valence-electron chi connectivity index (χ0n) is 12.6. The molecule has 0 bridgehead atoms. The molecule has 2 aromatic heterocycles. The van der Waals surface area contributed by atoms with E-state index in [1.807, 2.05) is 29.7 Å². The monoisotopic (exact) mass is 315 g/mol. The van der Waals surface area contributed by atoms with Gasteiger partial charge in [0.25, 0.3) is 0 Å². The van der Waals surface area contributed by atoms with Crippen molar-refractivity contribution in [3.63, 3.8) is 0 Å². The van der Waals surface area contributed by atoms with E-state index in [4.69, 9.17) is 4.74 Å². The van der Waals surface area contributed by atoms with Gasteiger partial charge in [-0.25, -0.2) is 9.78 Å². The second-order valence-electron chi connectivity index (χ2n) is 5.26. The SMILES string of the molecule is CCOC(=O)c1nc2cc(C3(C#N)CC3)ccn2c1SCC. The molecule has 0 saturated heterocycles. The van der Waals surface area contributed by atoms with Gasteiger partial charge in [0.05, 0.1) is 18.1 Å². The van der Waals surface area contributed by atoms with Gasteiger partial charge < -0.3 is 4.74 Å². The van der Waals surface area contributed by atoms with Gasteiger partial charge in [0.15, 0.2) is 5.69 Å². The molecule has 3 rings (SSSR count). The standard InChI is InChI=1S/C16H17N3O2S/c1-3-21-15(20)13-14(22-4-2)19-8-5-11(9-12(19)18-13)16(10-17)6-7-16/h5,8-9H,3-4,6-7H2,1-2H3. The largest absolute Gasteiger partial charge is 0.461 e. The summed E-state index contributed by atoms with van der Waals surface area (Å²) in [7, 11) is 0. The number of esters is 1. The molecule has 0 N–H and O–H groups in total. The van der Waals surface area contributed by atoms with Crippen molar-refractivity contribution in [1.82, 2.24) is 9.38 Å². The number of ether oxygens (including phenoxy) is 1. The normalized spacial score (nSPS) is 15.5. The third-order valence-electron chi connectivity index (χ3n) is 3.85. The topological polar surface area (TPSA) is 67.4 Å². The zero-order valence-corrected chi connectivity index (χ0v) is 13.4. The minimum Gasteiger partial charge on any atom is -0.461 e. The van der Waals surface area contributed by atoms with Crippen LogP contribution in [0.15, 0.2) is 23.4 Å². The van der Waals surface area contributed by atoms with Crippen LogP contribution in [0.3, 0.4) is 0 Å². The van der Waals surface area contributed by atoms with Crippen molar-refractivity contribution >= 4 is 23.4 Å². The van der Waals surface area contributed by atoms with Gasteiger partial charge in [0.1, 0.15) is 10.7 Å². The number of hydrogen-bond donors (Lipinski definition) is 0. The third kappa shape index (κ3) is 2.35. The van der Waals surface area contributed by atoms with Crippen molar-refractivity contribution < 1.29 is 9.53 Å². The fraction of sp³-hybridized carbons (Fsp3) is 0.438. The Labute approximate surface area is 133 Å². The van der Waals surface area contributed by atoms with E-state index < -0.39 is 5.97 Å². The molecule has 0 atom stereocenters. The number of nitrogens with zero attached hydrogens (tertiary/aromatic N) is 3. The summed E-state index contributed by atoms with van der Waals surface area (Å²) >= 11 is 1.56. The minimum absolute atomic E-state index is 0.325. The van der Waals surface area contributed by atoms with E-state index in [1.165, 1.54) is 0 Å². The van der Waals surface area contributed by atoms with Gasteiger partial charge in [-0.2, -0.15) is 5.26 Å². The quantitative estimate of drug-likeness (QED) is 0.626. The highest BCUT2D eigenvalue weighted by molar-refractivity contribution is 7.99. The number of rotatable bonds is 5. The summed E-state index contributed by atoms with van der Waals surface area (Å²) in [5.74, 6) is 0.439. The Bertz CT molecular complexity index is 772. The molecule has 0 unspecified atom stereocenters. The van der Waals surface area contributed by atoms with Gasteiger partial charge in [-0.1, -0.05) is 6.92 Å². The number of nitriles is 1. The maximum Gasteiger partial charge on any atom is 0.359 e. The Morgan fingerprint density at radius 2 is 2.32 bits per heavy atom. The van der Waals surface area contributed by atoms with Gasteiger partial charge in [-0.3, -0.25) is 4.40 Å². The fourth-order valence-corrected chi connectivity index (χ4v) is 3.35. The van der Waals surface area contributed by atoms with E-state index in [2.05, 4.69) is 11.1 Å². The molecular weight excluding hydrogens is 298 g/mol. The lowest BCUT2D eigenvalue weighted by molar-refractivity contribution is 0.0515. The van der Waals surface area contributed by atoms with Gasteiger partial charge in [-0.05, 0) is 43.2 Å². The Balaban J connectivity index is 2.10. The van der Waals surface area contributed by atoms with Crippen LogP contribution in [-0.4, -0.2) is 27.7 Å². The predicted molar refractivity (Wildman–Crippen MR) is 84.1 cm³/mol. The molecule has 1 fully saturated rings. The molecule has 2 heterocycles. The van der Waals surface area contributed by atoms with Crippen molar-refractivity contribution in [2.45, 2.75) is 37.1 Å². The molecule has 5 nitrogen and oxygen atoms in total. The Morgan fingerprint density at radius 1 is 1.55 bits per heavy atom. The minimum atomic E-state index is -0.398. The van der Waals surface area contributed by atoms with E-state index >= 15 is 0 Å². The number of aromatic nitrogens is 2. The molecule has 114 valence electrons. The molecule has 0 amide bonds. The summed E-state index contributed by atoms with van der Waals surface area (Å²) in [5.41, 5.74) is 1.68. The van der Waals surface area contributed by atoms with E-state index in [0.29, 0.717) is 17.9 Å². The first-order valence-corrected chi connectivity index (χ1v) is 8.37. The third-order valence-corrected chi connectivity index (χ3v) is 4.80. The van der Waals surface area contributed by atoms with E-state index in [0.717, 1.165) is 29.2 Å². The molecule has 0 spiro atoms.